The highest BCUT2D eigenvalue weighted by molar-refractivity contribution is 6.35. The number of nitrogens with one attached hydrogen (secondary N) is 1. The van der Waals surface area contributed by atoms with Crippen molar-refractivity contribution in [2.75, 3.05) is 26.2 Å². The van der Waals surface area contributed by atoms with Gasteiger partial charge in [0.05, 0.1) is 24.0 Å². The summed E-state index contributed by atoms with van der Waals surface area (Å²) in [6, 6.07) is 9.92. The summed E-state index contributed by atoms with van der Waals surface area (Å²) in [6.07, 6.45) is 2.33. The molecular formula is C22H29N5O3. The van der Waals surface area contributed by atoms with Gasteiger partial charge in [0.2, 0.25) is 0 Å². The quantitative estimate of drug-likeness (QED) is 0.752. The third-order valence-electron chi connectivity index (χ3n) is 5.16. The standard InChI is InChI=1S/C22H29N5O3/c1-4-19-18(14-23-27(19)15-17-8-6-5-7-9-17)21(29)25-10-12-26(13-11-25)22(30)20(28)24-16(2)3/h5-9,14,16H,4,10-13,15H2,1-3H3,(H,24,28). The zero-order chi connectivity index (χ0) is 21.7. The number of aromatic nitrogens is 2. The molecule has 0 saturated carbocycles. The van der Waals surface area contributed by atoms with E-state index in [1.165, 1.54) is 4.90 Å². The highest BCUT2D eigenvalue weighted by Crippen LogP contribution is 2.16. The Morgan fingerprint density at radius 2 is 1.67 bits per heavy atom. The average molecular weight is 412 g/mol. The number of amides is 3. The van der Waals surface area contributed by atoms with Gasteiger partial charge in [-0.15, -0.1) is 0 Å². The lowest BCUT2D eigenvalue weighted by atomic mass is 10.1. The lowest BCUT2D eigenvalue weighted by molar-refractivity contribution is -0.147. The number of carbonyl (C=O) groups excluding carboxylic acids is 3. The molecule has 1 fully saturated rings. The van der Waals surface area contributed by atoms with E-state index in [4.69, 9.17) is 0 Å². The number of hydrogen-bond donors (Lipinski definition) is 1. The van der Waals surface area contributed by atoms with Crippen molar-refractivity contribution in [2.45, 2.75) is 39.8 Å². The van der Waals surface area contributed by atoms with Gasteiger partial charge in [-0.05, 0) is 25.8 Å². The molecule has 1 aliphatic rings. The van der Waals surface area contributed by atoms with E-state index in [9.17, 15) is 14.4 Å². The summed E-state index contributed by atoms with van der Waals surface area (Å²) in [5.74, 6) is -1.22. The van der Waals surface area contributed by atoms with Gasteiger partial charge in [-0.25, -0.2) is 0 Å². The molecule has 3 rings (SSSR count). The minimum absolute atomic E-state index is 0.0788. The Bertz CT molecular complexity index is 899. The summed E-state index contributed by atoms with van der Waals surface area (Å²) in [5.41, 5.74) is 2.63. The van der Waals surface area contributed by atoms with E-state index in [0.29, 0.717) is 44.7 Å². The van der Waals surface area contributed by atoms with Crippen LogP contribution in [0.5, 0.6) is 0 Å². The molecule has 3 amide bonds. The molecule has 0 unspecified atom stereocenters. The first-order valence-corrected chi connectivity index (χ1v) is 10.4. The molecule has 0 atom stereocenters. The molecule has 1 aliphatic heterocycles. The van der Waals surface area contributed by atoms with Crippen LogP contribution in [0.3, 0.4) is 0 Å². The fourth-order valence-electron chi connectivity index (χ4n) is 3.61. The second-order valence-electron chi connectivity index (χ2n) is 7.71. The van der Waals surface area contributed by atoms with E-state index in [0.717, 1.165) is 11.3 Å². The number of hydrogen-bond acceptors (Lipinski definition) is 4. The van der Waals surface area contributed by atoms with Crippen LogP contribution in [0.15, 0.2) is 36.5 Å². The van der Waals surface area contributed by atoms with Crippen LogP contribution in [0.4, 0.5) is 0 Å². The normalized spacial score (nSPS) is 14.1. The first-order valence-electron chi connectivity index (χ1n) is 10.4. The summed E-state index contributed by atoms with van der Waals surface area (Å²) < 4.78 is 1.87. The fraction of sp³-hybridized carbons (Fsp3) is 0.455. The Morgan fingerprint density at radius 1 is 1.03 bits per heavy atom. The zero-order valence-corrected chi connectivity index (χ0v) is 17.8. The molecule has 0 radical (unpaired) electrons. The first-order chi connectivity index (χ1) is 14.4. The molecule has 0 aliphatic carbocycles. The van der Waals surface area contributed by atoms with Crippen LogP contribution in [0.2, 0.25) is 0 Å². The predicted octanol–water partition coefficient (Wildman–Crippen LogP) is 1.30. The van der Waals surface area contributed by atoms with E-state index >= 15 is 0 Å². The Hall–Kier alpha value is -3.16. The van der Waals surface area contributed by atoms with Crippen molar-refractivity contribution in [1.29, 1.82) is 0 Å². The molecule has 8 heteroatoms. The van der Waals surface area contributed by atoms with E-state index in [2.05, 4.69) is 10.4 Å². The second-order valence-corrected chi connectivity index (χ2v) is 7.71. The second kappa shape index (κ2) is 9.56. The molecule has 30 heavy (non-hydrogen) atoms. The molecule has 1 N–H and O–H groups in total. The molecule has 160 valence electrons. The lowest BCUT2D eigenvalue weighted by Gasteiger charge is -2.34. The van der Waals surface area contributed by atoms with E-state index in [1.54, 1.807) is 11.1 Å². The Kier molecular flexibility index (Phi) is 6.87. The van der Waals surface area contributed by atoms with Gasteiger partial charge < -0.3 is 15.1 Å². The van der Waals surface area contributed by atoms with Crippen molar-refractivity contribution < 1.29 is 14.4 Å². The molecule has 2 aromatic rings. The summed E-state index contributed by atoms with van der Waals surface area (Å²) in [6.45, 7) is 7.73. The molecule has 2 heterocycles. The summed E-state index contributed by atoms with van der Waals surface area (Å²) in [7, 11) is 0. The molecule has 8 nitrogen and oxygen atoms in total. The van der Waals surface area contributed by atoms with Crippen LogP contribution in [0.25, 0.3) is 0 Å². The predicted molar refractivity (Wildman–Crippen MR) is 113 cm³/mol. The Balaban J connectivity index is 1.64. The van der Waals surface area contributed by atoms with Gasteiger partial charge in [0.15, 0.2) is 0 Å². The highest BCUT2D eigenvalue weighted by atomic mass is 16.2. The van der Waals surface area contributed by atoms with Gasteiger partial charge >= 0.3 is 11.8 Å². The van der Waals surface area contributed by atoms with Crippen LogP contribution < -0.4 is 5.32 Å². The van der Waals surface area contributed by atoms with Crippen molar-refractivity contribution in [2.24, 2.45) is 0 Å². The van der Waals surface area contributed by atoms with Crippen LogP contribution in [0.1, 0.15) is 42.4 Å². The fourth-order valence-corrected chi connectivity index (χ4v) is 3.61. The third-order valence-corrected chi connectivity index (χ3v) is 5.16. The van der Waals surface area contributed by atoms with Gasteiger partial charge in [0.25, 0.3) is 5.91 Å². The topological polar surface area (TPSA) is 87.5 Å². The maximum absolute atomic E-state index is 13.1. The maximum atomic E-state index is 13.1. The van der Waals surface area contributed by atoms with Crippen LogP contribution in [0, 0.1) is 0 Å². The minimum Gasteiger partial charge on any atom is -0.346 e. The van der Waals surface area contributed by atoms with Gasteiger partial charge in [0.1, 0.15) is 0 Å². The molecule has 1 aromatic carbocycles. The molecule has 0 spiro atoms. The van der Waals surface area contributed by atoms with Crippen molar-refractivity contribution in [1.82, 2.24) is 24.9 Å². The van der Waals surface area contributed by atoms with Crippen molar-refractivity contribution >= 4 is 17.7 Å². The zero-order valence-electron chi connectivity index (χ0n) is 17.8. The summed E-state index contributed by atoms with van der Waals surface area (Å²) >= 11 is 0. The average Bonchev–Trinajstić information content (AvgIpc) is 3.15. The van der Waals surface area contributed by atoms with E-state index in [-0.39, 0.29) is 11.9 Å². The van der Waals surface area contributed by atoms with Gasteiger partial charge in [-0.3, -0.25) is 19.1 Å². The van der Waals surface area contributed by atoms with E-state index < -0.39 is 11.8 Å². The lowest BCUT2D eigenvalue weighted by Crippen LogP contribution is -2.54. The third kappa shape index (κ3) is 4.87. The number of piperazine rings is 1. The summed E-state index contributed by atoms with van der Waals surface area (Å²) in [5, 5.41) is 7.06. The van der Waals surface area contributed by atoms with Crippen LogP contribution in [-0.4, -0.2) is 69.5 Å². The maximum Gasteiger partial charge on any atom is 0.312 e. The molecule has 0 bridgehead atoms. The minimum atomic E-state index is -0.597. The number of benzene rings is 1. The van der Waals surface area contributed by atoms with Crippen LogP contribution >= 0.6 is 0 Å². The highest BCUT2D eigenvalue weighted by Gasteiger charge is 2.30. The summed E-state index contributed by atoms with van der Waals surface area (Å²) in [4.78, 5) is 40.5. The number of rotatable bonds is 5. The van der Waals surface area contributed by atoms with Crippen molar-refractivity contribution in [3.63, 3.8) is 0 Å². The smallest absolute Gasteiger partial charge is 0.312 e. The molecule has 1 aromatic heterocycles. The Morgan fingerprint density at radius 3 is 2.27 bits per heavy atom. The first kappa shape index (κ1) is 21.5. The monoisotopic (exact) mass is 411 g/mol. The molecular weight excluding hydrogens is 382 g/mol. The van der Waals surface area contributed by atoms with E-state index in [1.807, 2.05) is 55.8 Å². The van der Waals surface area contributed by atoms with Crippen molar-refractivity contribution in [3.8, 4) is 0 Å². The SMILES string of the molecule is CCc1c(C(=O)N2CCN(C(=O)C(=O)NC(C)C)CC2)cnn1Cc1ccccc1. The van der Waals surface area contributed by atoms with Gasteiger partial charge in [-0.2, -0.15) is 5.10 Å². The molecule has 1 saturated heterocycles. The van der Waals surface area contributed by atoms with Crippen molar-refractivity contribution in [3.05, 3.63) is 53.3 Å². The van der Waals surface area contributed by atoms with Gasteiger partial charge in [0, 0.05) is 32.2 Å². The van der Waals surface area contributed by atoms with Crippen LogP contribution in [-0.2, 0) is 22.6 Å². The number of carbonyl (C=O) groups is 3. The van der Waals surface area contributed by atoms with Gasteiger partial charge in [-0.1, -0.05) is 37.3 Å². The number of nitrogens with zero attached hydrogens (tertiary/aromatic N) is 4. The largest absolute Gasteiger partial charge is 0.346 e. The Labute approximate surface area is 176 Å².